The monoisotopic (exact) mass is 180 g/mol. The molecule has 1 aromatic rings. The fourth-order valence-corrected chi connectivity index (χ4v) is 0.945. The predicted octanol–water partition coefficient (Wildman–Crippen LogP) is 0.971. The van der Waals surface area contributed by atoms with Gasteiger partial charge in [0, 0.05) is 13.1 Å². The topological polar surface area (TPSA) is 63.8 Å². The number of anilines is 1. The van der Waals surface area contributed by atoms with E-state index in [4.69, 9.17) is 5.73 Å². The lowest BCUT2D eigenvalue weighted by Gasteiger charge is -2.05. The number of hydrogen-bond acceptors (Lipinski definition) is 4. The van der Waals surface area contributed by atoms with Crippen LogP contribution >= 0.6 is 0 Å². The molecular formula is C9H16N4. The summed E-state index contributed by atoms with van der Waals surface area (Å²) >= 11 is 0. The lowest BCUT2D eigenvalue weighted by molar-refractivity contribution is 0.785. The molecular weight excluding hydrogens is 164 g/mol. The van der Waals surface area contributed by atoms with Crippen molar-refractivity contribution < 1.29 is 0 Å². The van der Waals surface area contributed by atoms with Crippen LogP contribution in [0.1, 0.15) is 25.5 Å². The second-order valence-electron chi connectivity index (χ2n) is 3.21. The average molecular weight is 180 g/mol. The largest absolute Gasteiger partial charge is 0.367 e. The van der Waals surface area contributed by atoms with Gasteiger partial charge in [-0.25, -0.2) is 0 Å². The summed E-state index contributed by atoms with van der Waals surface area (Å²) in [6.45, 7) is 5.53. The van der Waals surface area contributed by atoms with E-state index in [1.165, 1.54) is 0 Å². The van der Waals surface area contributed by atoms with Gasteiger partial charge in [-0.3, -0.25) is 0 Å². The van der Waals surface area contributed by atoms with Crippen LogP contribution in [-0.4, -0.2) is 23.3 Å². The maximum absolute atomic E-state index is 5.34. The molecule has 0 saturated heterocycles. The van der Waals surface area contributed by atoms with E-state index in [1.807, 2.05) is 12.1 Å². The molecule has 3 N–H and O–H groups in total. The van der Waals surface area contributed by atoms with E-state index in [9.17, 15) is 0 Å². The van der Waals surface area contributed by atoms with Crippen molar-refractivity contribution in [1.82, 2.24) is 10.2 Å². The first-order valence-electron chi connectivity index (χ1n) is 4.51. The Kier molecular flexibility index (Phi) is 3.64. The molecule has 0 bridgehead atoms. The van der Waals surface area contributed by atoms with Gasteiger partial charge in [-0.05, 0) is 18.1 Å². The van der Waals surface area contributed by atoms with E-state index in [0.29, 0.717) is 12.5 Å². The van der Waals surface area contributed by atoms with Crippen LogP contribution < -0.4 is 11.1 Å². The van der Waals surface area contributed by atoms with Gasteiger partial charge in [0.25, 0.3) is 0 Å². The minimum atomic E-state index is 0.427. The molecule has 0 spiro atoms. The summed E-state index contributed by atoms with van der Waals surface area (Å²) in [6, 6.07) is 3.91. The molecule has 0 aliphatic heterocycles. The van der Waals surface area contributed by atoms with Crippen LogP contribution in [0.15, 0.2) is 12.1 Å². The van der Waals surface area contributed by atoms with Crippen LogP contribution in [0.4, 0.5) is 5.82 Å². The molecule has 72 valence electrons. The first-order chi connectivity index (χ1) is 6.24. The highest BCUT2D eigenvalue weighted by molar-refractivity contribution is 5.33. The lowest BCUT2D eigenvalue weighted by atomic mass is 10.1. The van der Waals surface area contributed by atoms with Gasteiger partial charge in [0.15, 0.2) is 0 Å². The Bertz CT molecular complexity index is 242. The van der Waals surface area contributed by atoms with Crippen LogP contribution in [0.5, 0.6) is 0 Å². The third-order valence-corrected chi connectivity index (χ3v) is 1.73. The lowest BCUT2D eigenvalue weighted by Crippen LogP contribution is -2.14. The average Bonchev–Trinajstić information content (AvgIpc) is 2.15. The van der Waals surface area contributed by atoms with Crippen LogP contribution in [-0.2, 0) is 0 Å². The third-order valence-electron chi connectivity index (χ3n) is 1.73. The van der Waals surface area contributed by atoms with Crippen molar-refractivity contribution in [3.05, 3.63) is 17.8 Å². The Labute approximate surface area is 78.6 Å². The summed E-state index contributed by atoms with van der Waals surface area (Å²) in [7, 11) is 0. The molecule has 4 heteroatoms. The van der Waals surface area contributed by atoms with Gasteiger partial charge < -0.3 is 11.1 Å². The highest BCUT2D eigenvalue weighted by atomic mass is 15.2. The minimum Gasteiger partial charge on any atom is -0.367 e. The zero-order valence-corrected chi connectivity index (χ0v) is 8.12. The van der Waals surface area contributed by atoms with Crippen LogP contribution in [0, 0.1) is 0 Å². The second-order valence-corrected chi connectivity index (χ2v) is 3.21. The zero-order chi connectivity index (χ0) is 9.68. The molecule has 0 aliphatic carbocycles. The summed E-state index contributed by atoms with van der Waals surface area (Å²) in [5, 5.41) is 11.2. The predicted molar refractivity (Wildman–Crippen MR) is 53.7 cm³/mol. The van der Waals surface area contributed by atoms with Crippen LogP contribution in [0.25, 0.3) is 0 Å². The fraction of sp³-hybridized carbons (Fsp3) is 0.556. The van der Waals surface area contributed by atoms with Gasteiger partial charge in [0.2, 0.25) is 0 Å². The van der Waals surface area contributed by atoms with Crippen molar-refractivity contribution in [3.63, 3.8) is 0 Å². The van der Waals surface area contributed by atoms with Gasteiger partial charge in [0.05, 0.1) is 5.69 Å². The van der Waals surface area contributed by atoms with Gasteiger partial charge in [-0.15, -0.1) is 5.10 Å². The third kappa shape index (κ3) is 2.99. The summed E-state index contributed by atoms with van der Waals surface area (Å²) in [6.07, 6.45) is 0. The molecule has 1 rings (SSSR count). The zero-order valence-electron chi connectivity index (χ0n) is 8.12. The van der Waals surface area contributed by atoms with Crippen molar-refractivity contribution in [2.24, 2.45) is 5.73 Å². The van der Waals surface area contributed by atoms with E-state index in [0.717, 1.165) is 18.1 Å². The second kappa shape index (κ2) is 4.77. The van der Waals surface area contributed by atoms with E-state index >= 15 is 0 Å². The van der Waals surface area contributed by atoms with E-state index < -0.39 is 0 Å². The highest BCUT2D eigenvalue weighted by Crippen LogP contribution is 2.10. The number of rotatable bonds is 4. The smallest absolute Gasteiger partial charge is 0.148 e. The molecule has 0 aliphatic rings. The Hall–Kier alpha value is -1.16. The first kappa shape index (κ1) is 9.92. The Morgan fingerprint density at radius 2 is 2.15 bits per heavy atom. The van der Waals surface area contributed by atoms with Crippen molar-refractivity contribution in [1.29, 1.82) is 0 Å². The van der Waals surface area contributed by atoms with E-state index in [2.05, 4.69) is 29.4 Å². The molecule has 0 fully saturated rings. The maximum atomic E-state index is 5.34. The fourth-order valence-electron chi connectivity index (χ4n) is 0.945. The van der Waals surface area contributed by atoms with E-state index in [1.54, 1.807) is 0 Å². The summed E-state index contributed by atoms with van der Waals surface area (Å²) in [5.41, 5.74) is 6.36. The number of hydrogen-bond donors (Lipinski definition) is 2. The molecule has 13 heavy (non-hydrogen) atoms. The summed E-state index contributed by atoms with van der Waals surface area (Å²) < 4.78 is 0. The van der Waals surface area contributed by atoms with Crippen molar-refractivity contribution in [2.45, 2.75) is 19.8 Å². The molecule has 0 unspecified atom stereocenters. The van der Waals surface area contributed by atoms with E-state index in [-0.39, 0.29) is 0 Å². The molecule has 4 nitrogen and oxygen atoms in total. The summed E-state index contributed by atoms with van der Waals surface area (Å²) in [5.74, 6) is 1.21. The number of nitrogens with zero attached hydrogens (tertiary/aromatic N) is 2. The molecule has 0 aromatic carbocycles. The molecule has 0 amide bonds. The van der Waals surface area contributed by atoms with Crippen molar-refractivity contribution in [2.75, 3.05) is 18.4 Å². The van der Waals surface area contributed by atoms with Gasteiger partial charge in [-0.2, -0.15) is 5.10 Å². The summed E-state index contributed by atoms with van der Waals surface area (Å²) in [4.78, 5) is 0. The molecule has 1 aromatic heterocycles. The van der Waals surface area contributed by atoms with Crippen LogP contribution in [0.2, 0.25) is 0 Å². The van der Waals surface area contributed by atoms with Gasteiger partial charge in [-0.1, -0.05) is 13.8 Å². The van der Waals surface area contributed by atoms with Gasteiger partial charge >= 0.3 is 0 Å². The van der Waals surface area contributed by atoms with Crippen molar-refractivity contribution >= 4 is 5.82 Å². The minimum absolute atomic E-state index is 0.427. The molecule has 0 saturated carbocycles. The maximum Gasteiger partial charge on any atom is 0.148 e. The van der Waals surface area contributed by atoms with Crippen LogP contribution in [0.3, 0.4) is 0 Å². The molecule has 1 heterocycles. The molecule has 0 atom stereocenters. The van der Waals surface area contributed by atoms with Crippen molar-refractivity contribution in [3.8, 4) is 0 Å². The Morgan fingerprint density at radius 1 is 1.38 bits per heavy atom. The Balaban J connectivity index is 2.59. The Morgan fingerprint density at radius 3 is 2.62 bits per heavy atom. The SMILES string of the molecule is CC(C)c1ccc(NCCN)nn1. The number of nitrogens with two attached hydrogens (primary N) is 1. The standard InChI is InChI=1S/C9H16N4/c1-7(2)8-3-4-9(13-12-8)11-6-5-10/h3-4,7H,5-6,10H2,1-2H3,(H,11,13). The highest BCUT2D eigenvalue weighted by Gasteiger charge is 2.00. The number of nitrogens with one attached hydrogen (secondary N) is 1. The van der Waals surface area contributed by atoms with Gasteiger partial charge in [0.1, 0.15) is 5.82 Å². The number of aromatic nitrogens is 2. The normalized spacial score (nSPS) is 10.5. The quantitative estimate of drug-likeness (QED) is 0.724. The first-order valence-corrected chi connectivity index (χ1v) is 4.51. The molecule has 0 radical (unpaired) electrons.